The highest BCUT2D eigenvalue weighted by molar-refractivity contribution is 6.36. The van der Waals surface area contributed by atoms with Gasteiger partial charge in [0.05, 0.1) is 23.0 Å². The molecular formula is C19H13ClN6O2. The fourth-order valence-electron chi connectivity index (χ4n) is 2.58. The molecule has 0 aliphatic heterocycles. The first kappa shape index (κ1) is 17.7. The van der Waals surface area contributed by atoms with Gasteiger partial charge in [-0.25, -0.2) is 0 Å². The van der Waals surface area contributed by atoms with Crippen LogP contribution >= 0.6 is 11.6 Å². The van der Waals surface area contributed by atoms with Crippen molar-refractivity contribution < 1.29 is 9.47 Å². The number of hydrogen-bond acceptors (Lipinski definition) is 7. The maximum Gasteiger partial charge on any atom is 0.327 e. The smallest absolute Gasteiger partial charge is 0.327 e. The van der Waals surface area contributed by atoms with Crippen LogP contribution in [-0.2, 0) is 6.42 Å². The molecule has 4 aromatic heterocycles. The molecule has 138 valence electrons. The normalized spacial score (nSPS) is 10.6. The van der Waals surface area contributed by atoms with Gasteiger partial charge in [-0.3, -0.25) is 9.97 Å². The number of halogens is 1. The second-order valence-electron chi connectivity index (χ2n) is 5.72. The number of aromatic nitrogens is 5. The molecule has 0 saturated carbocycles. The number of nitrogens with zero attached hydrogens (tertiary/aromatic N) is 5. The first-order valence-corrected chi connectivity index (χ1v) is 8.74. The Morgan fingerprint density at radius 1 is 1.14 bits per heavy atom. The quantitative estimate of drug-likeness (QED) is 0.535. The maximum absolute atomic E-state index is 9.06. The zero-order valence-corrected chi connectivity index (χ0v) is 15.4. The minimum Gasteiger partial charge on any atom is -0.436 e. The number of pyridine rings is 2. The lowest BCUT2D eigenvalue weighted by molar-refractivity contribution is 0.415. The highest BCUT2D eigenvalue weighted by Crippen LogP contribution is 2.37. The van der Waals surface area contributed by atoms with Gasteiger partial charge in [-0.1, -0.05) is 18.5 Å². The summed E-state index contributed by atoms with van der Waals surface area (Å²) in [4.78, 5) is 19.9. The summed E-state index contributed by atoms with van der Waals surface area (Å²) in [6.45, 7) is 1.97. The lowest BCUT2D eigenvalue weighted by Crippen LogP contribution is -1.97. The molecule has 0 atom stereocenters. The highest BCUT2D eigenvalue weighted by atomic mass is 35.5. The molecule has 0 saturated heterocycles. The number of rotatable bonds is 5. The van der Waals surface area contributed by atoms with E-state index in [0.29, 0.717) is 39.5 Å². The van der Waals surface area contributed by atoms with Crippen LogP contribution in [0.5, 0.6) is 23.4 Å². The van der Waals surface area contributed by atoms with Crippen LogP contribution in [0.15, 0.2) is 43.0 Å². The standard InChI is InChI=1S/C19H13ClN6O2/c1-2-14-16(20)15-17(24-14)25-19(28-12-4-3-5-22-9-12)26-18(15)27-13-6-11(7-21)8-23-10-13/h3-6,8-10H,2H2,1H3,(H,24,25,26). The summed E-state index contributed by atoms with van der Waals surface area (Å²) >= 11 is 6.49. The zero-order valence-electron chi connectivity index (χ0n) is 14.7. The van der Waals surface area contributed by atoms with Gasteiger partial charge >= 0.3 is 6.01 Å². The van der Waals surface area contributed by atoms with Crippen molar-refractivity contribution in [3.8, 4) is 29.5 Å². The van der Waals surface area contributed by atoms with Crippen LogP contribution in [0.4, 0.5) is 0 Å². The lowest BCUT2D eigenvalue weighted by Gasteiger charge is -2.08. The molecule has 0 bridgehead atoms. The van der Waals surface area contributed by atoms with Crippen molar-refractivity contribution >= 4 is 22.6 Å². The largest absolute Gasteiger partial charge is 0.436 e. The second-order valence-corrected chi connectivity index (χ2v) is 6.10. The molecule has 0 aromatic carbocycles. The SMILES string of the molecule is CCc1[nH]c2nc(Oc3cccnc3)nc(Oc3cncc(C#N)c3)c2c1Cl. The van der Waals surface area contributed by atoms with Gasteiger partial charge in [-0.15, -0.1) is 0 Å². The number of nitriles is 1. The van der Waals surface area contributed by atoms with Crippen molar-refractivity contribution in [2.45, 2.75) is 13.3 Å². The third-order valence-electron chi connectivity index (χ3n) is 3.86. The molecule has 0 radical (unpaired) electrons. The Balaban J connectivity index is 1.81. The van der Waals surface area contributed by atoms with E-state index in [1.54, 1.807) is 30.6 Å². The van der Waals surface area contributed by atoms with E-state index in [1.165, 1.54) is 12.4 Å². The summed E-state index contributed by atoms with van der Waals surface area (Å²) in [6.07, 6.45) is 6.79. The molecule has 4 heterocycles. The van der Waals surface area contributed by atoms with Crippen LogP contribution in [0, 0.1) is 11.3 Å². The predicted molar refractivity (Wildman–Crippen MR) is 102 cm³/mol. The molecule has 28 heavy (non-hydrogen) atoms. The molecule has 0 spiro atoms. The van der Waals surface area contributed by atoms with Crippen LogP contribution in [0.25, 0.3) is 11.0 Å². The maximum atomic E-state index is 9.06. The summed E-state index contributed by atoms with van der Waals surface area (Å²) < 4.78 is 11.6. The van der Waals surface area contributed by atoms with Crippen molar-refractivity contribution in [2.75, 3.05) is 0 Å². The van der Waals surface area contributed by atoms with Crippen molar-refractivity contribution in [2.24, 2.45) is 0 Å². The van der Waals surface area contributed by atoms with Gasteiger partial charge in [0.15, 0.2) is 0 Å². The zero-order chi connectivity index (χ0) is 19.5. The fourth-order valence-corrected chi connectivity index (χ4v) is 2.93. The number of fused-ring (bicyclic) bond motifs is 1. The number of ether oxygens (including phenoxy) is 2. The Morgan fingerprint density at radius 3 is 2.75 bits per heavy atom. The van der Waals surface area contributed by atoms with E-state index in [2.05, 4.69) is 24.9 Å². The van der Waals surface area contributed by atoms with E-state index in [9.17, 15) is 0 Å². The lowest BCUT2D eigenvalue weighted by atomic mass is 10.3. The molecule has 1 N–H and O–H groups in total. The third kappa shape index (κ3) is 3.43. The molecule has 9 heteroatoms. The summed E-state index contributed by atoms with van der Waals surface area (Å²) in [5.41, 5.74) is 1.65. The molecule has 8 nitrogen and oxygen atoms in total. The van der Waals surface area contributed by atoms with E-state index in [1.807, 2.05) is 13.0 Å². The van der Waals surface area contributed by atoms with Crippen LogP contribution in [0.3, 0.4) is 0 Å². The van der Waals surface area contributed by atoms with E-state index < -0.39 is 0 Å². The fraction of sp³-hybridized carbons (Fsp3) is 0.105. The van der Waals surface area contributed by atoms with Crippen molar-refractivity contribution in [1.82, 2.24) is 24.9 Å². The molecule has 0 amide bonds. The van der Waals surface area contributed by atoms with E-state index in [4.69, 9.17) is 26.3 Å². The molecule has 0 aliphatic rings. The van der Waals surface area contributed by atoms with Crippen molar-refractivity contribution in [3.05, 3.63) is 59.3 Å². The molecule has 0 unspecified atom stereocenters. The number of nitrogens with one attached hydrogen (secondary N) is 1. The van der Waals surface area contributed by atoms with E-state index in [0.717, 1.165) is 5.69 Å². The first-order chi connectivity index (χ1) is 13.7. The van der Waals surface area contributed by atoms with Crippen LogP contribution in [-0.4, -0.2) is 24.9 Å². The first-order valence-electron chi connectivity index (χ1n) is 8.37. The van der Waals surface area contributed by atoms with E-state index in [-0.39, 0.29) is 11.9 Å². The van der Waals surface area contributed by atoms with Gasteiger partial charge in [0.1, 0.15) is 28.6 Å². The summed E-state index contributed by atoms with van der Waals surface area (Å²) in [6, 6.07) is 7.13. The van der Waals surface area contributed by atoms with Crippen LogP contribution in [0.2, 0.25) is 5.02 Å². The van der Waals surface area contributed by atoms with Gasteiger partial charge in [-0.2, -0.15) is 15.2 Å². The van der Waals surface area contributed by atoms with Gasteiger partial charge in [0.2, 0.25) is 5.88 Å². The van der Waals surface area contributed by atoms with E-state index >= 15 is 0 Å². The topological polar surface area (TPSA) is 110 Å². The highest BCUT2D eigenvalue weighted by Gasteiger charge is 2.19. The molecule has 0 fully saturated rings. The van der Waals surface area contributed by atoms with Gasteiger partial charge in [-0.05, 0) is 18.6 Å². The summed E-state index contributed by atoms with van der Waals surface area (Å²) in [7, 11) is 0. The Kier molecular flexibility index (Phi) is 4.74. The van der Waals surface area contributed by atoms with Gasteiger partial charge in [0, 0.05) is 24.2 Å². The van der Waals surface area contributed by atoms with Crippen LogP contribution in [0.1, 0.15) is 18.2 Å². The number of aromatic amines is 1. The van der Waals surface area contributed by atoms with Gasteiger partial charge in [0.25, 0.3) is 0 Å². The number of H-pyrrole nitrogens is 1. The Bertz CT molecular complexity index is 1190. The molecule has 0 aliphatic carbocycles. The minimum absolute atomic E-state index is 0.0699. The summed E-state index contributed by atoms with van der Waals surface area (Å²) in [5.74, 6) is 1.03. The monoisotopic (exact) mass is 392 g/mol. The summed E-state index contributed by atoms with van der Waals surface area (Å²) in [5, 5.41) is 10.1. The van der Waals surface area contributed by atoms with Crippen LogP contribution < -0.4 is 9.47 Å². The molecular weight excluding hydrogens is 380 g/mol. The molecule has 4 rings (SSSR count). The van der Waals surface area contributed by atoms with Gasteiger partial charge < -0.3 is 14.5 Å². The van der Waals surface area contributed by atoms with Crippen molar-refractivity contribution in [3.63, 3.8) is 0 Å². The minimum atomic E-state index is 0.0699. The average molecular weight is 393 g/mol. The van der Waals surface area contributed by atoms with Crippen molar-refractivity contribution in [1.29, 1.82) is 5.26 Å². The molecule has 4 aromatic rings. The number of hydrogen-bond donors (Lipinski definition) is 1. The number of aryl methyl sites for hydroxylation is 1. The third-order valence-corrected chi connectivity index (χ3v) is 4.28. The average Bonchev–Trinajstić information content (AvgIpc) is 3.04. The Morgan fingerprint density at radius 2 is 2.00 bits per heavy atom. The Hall–Kier alpha value is -3.70. The Labute approximate surface area is 164 Å². The second kappa shape index (κ2) is 7.50. The predicted octanol–water partition coefficient (Wildman–Crippen LogP) is 4.42.